The first-order valence-electron chi connectivity index (χ1n) is 7.83. The fourth-order valence-electron chi connectivity index (χ4n) is 3.39. The minimum Gasteiger partial charge on any atom is -0.367 e. The molecule has 0 unspecified atom stereocenters. The number of nitrogens with zero attached hydrogens (tertiary/aromatic N) is 3. The summed E-state index contributed by atoms with van der Waals surface area (Å²) >= 11 is 0. The highest BCUT2D eigenvalue weighted by atomic mass is 15.1. The average molecular weight is 287 g/mol. The van der Waals surface area contributed by atoms with Gasteiger partial charge in [-0.05, 0) is 58.7 Å². The van der Waals surface area contributed by atoms with Crippen LogP contribution in [-0.4, -0.2) is 46.5 Å². The number of rotatable bonds is 4. The minimum absolute atomic E-state index is 0.539. The van der Waals surface area contributed by atoms with Crippen molar-refractivity contribution in [1.29, 1.82) is 0 Å². The molecule has 0 saturated heterocycles. The minimum atomic E-state index is 0.539. The third kappa shape index (κ3) is 3.35. The Morgan fingerprint density at radius 1 is 1.24 bits per heavy atom. The van der Waals surface area contributed by atoms with Crippen molar-refractivity contribution in [3.8, 4) is 0 Å². The molecule has 1 saturated carbocycles. The van der Waals surface area contributed by atoms with Gasteiger partial charge in [-0.25, -0.2) is 9.97 Å². The molecule has 2 aromatic rings. The highest BCUT2D eigenvalue weighted by Gasteiger charge is 2.22. The van der Waals surface area contributed by atoms with Crippen LogP contribution in [0.4, 0.5) is 5.82 Å². The molecule has 0 spiro atoms. The van der Waals surface area contributed by atoms with Crippen LogP contribution in [0.5, 0.6) is 0 Å². The number of aromatic nitrogens is 3. The zero-order chi connectivity index (χ0) is 14.8. The van der Waals surface area contributed by atoms with Gasteiger partial charge in [-0.2, -0.15) is 0 Å². The summed E-state index contributed by atoms with van der Waals surface area (Å²) in [4.78, 5) is 14.3. The Morgan fingerprint density at radius 3 is 2.71 bits per heavy atom. The lowest BCUT2D eigenvalue weighted by Crippen LogP contribution is -2.31. The lowest BCUT2D eigenvalue weighted by Gasteiger charge is -2.31. The van der Waals surface area contributed by atoms with E-state index in [9.17, 15) is 0 Å². The summed E-state index contributed by atoms with van der Waals surface area (Å²) in [5.41, 5.74) is 2.05. The van der Waals surface area contributed by atoms with E-state index in [2.05, 4.69) is 52.3 Å². The van der Waals surface area contributed by atoms with Gasteiger partial charge in [-0.3, -0.25) is 0 Å². The zero-order valence-corrected chi connectivity index (χ0v) is 13.2. The van der Waals surface area contributed by atoms with E-state index in [-0.39, 0.29) is 0 Å². The van der Waals surface area contributed by atoms with Crippen molar-refractivity contribution in [1.82, 2.24) is 19.9 Å². The van der Waals surface area contributed by atoms with E-state index in [1.165, 1.54) is 32.2 Å². The fraction of sp³-hybridized carbons (Fsp3) is 0.625. The van der Waals surface area contributed by atoms with Crippen molar-refractivity contribution in [3.63, 3.8) is 0 Å². The molecule has 0 atom stereocenters. The Balaban J connectivity index is 1.64. The largest absolute Gasteiger partial charge is 0.367 e. The second-order valence-corrected chi connectivity index (χ2v) is 6.56. The van der Waals surface area contributed by atoms with Crippen LogP contribution in [0.3, 0.4) is 0 Å². The Kier molecular flexibility index (Phi) is 4.10. The fourth-order valence-corrected chi connectivity index (χ4v) is 3.39. The van der Waals surface area contributed by atoms with Gasteiger partial charge in [-0.1, -0.05) is 0 Å². The molecule has 114 valence electrons. The first kappa shape index (κ1) is 14.3. The maximum Gasteiger partial charge on any atom is 0.143 e. The van der Waals surface area contributed by atoms with Gasteiger partial charge in [0.25, 0.3) is 0 Å². The Labute approximate surface area is 126 Å². The van der Waals surface area contributed by atoms with E-state index < -0.39 is 0 Å². The quantitative estimate of drug-likeness (QED) is 0.908. The molecule has 0 amide bonds. The van der Waals surface area contributed by atoms with Gasteiger partial charge < -0.3 is 15.2 Å². The molecule has 2 heterocycles. The highest BCUT2D eigenvalue weighted by molar-refractivity contribution is 5.87. The highest BCUT2D eigenvalue weighted by Crippen LogP contribution is 2.28. The molecule has 1 aliphatic rings. The first-order chi connectivity index (χ1) is 10.1. The Bertz CT molecular complexity index is 596. The molecule has 5 nitrogen and oxygen atoms in total. The SMILES string of the molecule is Cc1cc2c(NC3CCC(CN(C)C)CC3)ncnc2[nH]1. The van der Waals surface area contributed by atoms with E-state index in [4.69, 9.17) is 0 Å². The monoisotopic (exact) mass is 287 g/mol. The number of H-pyrrole nitrogens is 1. The van der Waals surface area contributed by atoms with Gasteiger partial charge in [0.05, 0.1) is 5.39 Å². The topological polar surface area (TPSA) is 56.8 Å². The molecule has 0 radical (unpaired) electrons. The number of hydrogen-bond donors (Lipinski definition) is 2. The van der Waals surface area contributed by atoms with Gasteiger partial charge in [-0.15, -0.1) is 0 Å². The van der Waals surface area contributed by atoms with Crippen LogP contribution in [0.15, 0.2) is 12.4 Å². The molecule has 0 aliphatic heterocycles. The van der Waals surface area contributed by atoms with Crippen LogP contribution in [0.1, 0.15) is 31.4 Å². The lowest BCUT2D eigenvalue weighted by molar-refractivity contribution is 0.255. The predicted molar refractivity (Wildman–Crippen MR) is 86.5 cm³/mol. The summed E-state index contributed by atoms with van der Waals surface area (Å²) in [7, 11) is 4.33. The van der Waals surface area contributed by atoms with Gasteiger partial charge in [0.2, 0.25) is 0 Å². The first-order valence-corrected chi connectivity index (χ1v) is 7.83. The summed E-state index contributed by atoms with van der Waals surface area (Å²) < 4.78 is 0. The summed E-state index contributed by atoms with van der Waals surface area (Å²) in [5.74, 6) is 1.82. The predicted octanol–water partition coefficient (Wildman–Crippen LogP) is 2.80. The summed E-state index contributed by atoms with van der Waals surface area (Å²) in [6.07, 6.45) is 6.70. The molecule has 0 bridgehead atoms. The number of aromatic amines is 1. The summed E-state index contributed by atoms with van der Waals surface area (Å²) in [5, 5.41) is 4.73. The van der Waals surface area contributed by atoms with Crippen LogP contribution in [0.25, 0.3) is 11.0 Å². The zero-order valence-electron chi connectivity index (χ0n) is 13.2. The molecule has 1 aliphatic carbocycles. The molecule has 2 aromatic heterocycles. The summed E-state index contributed by atoms with van der Waals surface area (Å²) in [6, 6.07) is 2.66. The van der Waals surface area contributed by atoms with Crippen LogP contribution < -0.4 is 5.32 Å². The van der Waals surface area contributed by atoms with Crippen molar-refractivity contribution in [2.45, 2.75) is 38.6 Å². The van der Waals surface area contributed by atoms with Crippen LogP contribution in [-0.2, 0) is 0 Å². The molecule has 21 heavy (non-hydrogen) atoms. The Morgan fingerprint density at radius 2 is 2.00 bits per heavy atom. The molecule has 1 fully saturated rings. The van der Waals surface area contributed by atoms with Gasteiger partial charge in [0.15, 0.2) is 0 Å². The second-order valence-electron chi connectivity index (χ2n) is 6.56. The van der Waals surface area contributed by atoms with E-state index in [1.807, 2.05) is 0 Å². The molecule has 2 N–H and O–H groups in total. The van der Waals surface area contributed by atoms with Crippen LogP contribution in [0, 0.1) is 12.8 Å². The van der Waals surface area contributed by atoms with Crippen molar-refractivity contribution >= 4 is 16.9 Å². The van der Waals surface area contributed by atoms with Crippen molar-refractivity contribution in [2.24, 2.45) is 5.92 Å². The molecule has 5 heteroatoms. The van der Waals surface area contributed by atoms with Crippen LogP contribution >= 0.6 is 0 Å². The maximum atomic E-state index is 4.43. The standard InChI is InChI=1S/C16H25N5/c1-11-8-14-15(19-11)17-10-18-16(14)20-13-6-4-12(5-7-13)9-21(2)3/h8,10,12-13H,4-7,9H2,1-3H3,(H2,17,18,19,20). The van der Waals surface area contributed by atoms with Gasteiger partial charge in [0, 0.05) is 18.3 Å². The Hall–Kier alpha value is -1.62. The van der Waals surface area contributed by atoms with E-state index >= 15 is 0 Å². The van der Waals surface area contributed by atoms with Crippen molar-refractivity contribution < 1.29 is 0 Å². The van der Waals surface area contributed by atoms with E-state index in [0.29, 0.717) is 6.04 Å². The van der Waals surface area contributed by atoms with Crippen LogP contribution in [0.2, 0.25) is 0 Å². The van der Waals surface area contributed by atoms with Crippen molar-refractivity contribution in [2.75, 3.05) is 26.0 Å². The molecular weight excluding hydrogens is 262 g/mol. The molecule has 0 aromatic carbocycles. The number of nitrogens with one attached hydrogen (secondary N) is 2. The number of anilines is 1. The third-order valence-electron chi connectivity index (χ3n) is 4.37. The van der Waals surface area contributed by atoms with Gasteiger partial charge >= 0.3 is 0 Å². The van der Waals surface area contributed by atoms with E-state index in [0.717, 1.165) is 28.5 Å². The second kappa shape index (κ2) is 6.02. The number of hydrogen-bond acceptors (Lipinski definition) is 4. The molecule has 3 rings (SSSR count). The normalized spacial score (nSPS) is 22.9. The third-order valence-corrected chi connectivity index (χ3v) is 4.37. The van der Waals surface area contributed by atoms with E-state index in [1.54, 1.807) is 6.33 Å². The maximum absolute atomic E-state index is 4.43. The summed E-state index contributed by atoms with van der Waals surface area (Å²) in [6.45, 7) is 3.26. The average Bonchev–Trinajstić information content (AvgIpc) is 2.82. The van der Waals surface area contributed by atoms with Crippen molar-refractivity contribution in [3.05, 3.63) is 18.1 Å². The number of fused-ring (bicyclic) bond motifs is 1. The lowest BCUT2D eigenvalue weighted by atomic mass is 9.86. The molecular formula is C16H25N5. The van der Waals surface area contributed by atoms with Gasteiger partial charge in [0.1, 0.15) is 17.8 Å². The number of aryl methyl sites for hydroxylation is 1. The smallest absolute Gasteiger partial charge is 0.143 e.